The van der Waals surface area contributed by atoms with Crippen molar-refractivity contribution < 1.29 is 0 Å². The van der Waals surface area contributed by atoms with E-state index in [4.69, 9.17) is 11.6 Å². The quantitative estimate of drug-likeness (QED) is 0.839. The summed E-state index contributed by atoms with van der Waals surface area (Å²) in [6, 6.07) is 6.02. The maximum Gasteiger partial charge on any atom is 0.0472 e. The molecule has 0 spiro atoms. The van der Waals surface area contributed by atoms with Crippen LogP contribution in [0.5, 0.6) is 0 Å². The molecule has 1 atom stereocenters. The second-order valence-corrected chi connectivity index (χ2v) is 5.89. The minimum atomic E-state index is 0.784. The highest BCUT2D eigenvalue weighted by molar-refractivity contribution is 6.31. The molecule has 1 fully saturated rings. The number of aromatic amines is 1. The van der Waals surface area contributed by atoms with Crippen LogP contribution in [0, 0.1) is 11.8 Å². The van der Waals surface area contributed by atoms with Gasteiger partial charge in [-0.1, -0.05) is 24.6 Å². The average molecular weight is 263 g/mol. The Bertz CT molecular complexity index is 542. The van der Waals surface area contributed by atoms with Crippen molar-refractivity contribution in [1.29, 1.82) is 0 Å². The predicted octanol–water partition coefficient (Wildman–Crippen LogP) is 3.96. The third-order valence-corrected chi connectivity index (χ3v) is 4.17. The number of rotatable bonds is 5. The number of aromatic nitrogens is 1. The summed E-state index contributed by atoms with van der Waals surface area (Å²) in [4.78, 5) is 3.28. The van der Waals surface area contributed by atoms with Crippen LogP contribution in [-0.4, -0.2) is 11.5 Å². The fraction of sp³-hybridized carbons (Fsp3) is 0.467. The van der Waals surface area contributed by atoms with Crippen LogP contribution in [0.4, 0.5) is 0 Å². The first-order chi connectivity index (χ1) is 8.74. The maximum atomic E-state index is 5.98. The van der Waals surface area contributed by atoms with Crippen LogP contribution in [0.15, 0.2) is 24.4 Å². The van der Waals surface area contributed by atoms with E-state index in [2.05, 4.69) is 29.5 Å². The molecule has 0 aliphatic heterocycles. The van der Waals surface area contributed by atoms with E-state index in [0.29, 0.717) is 0 Å². The molecule has 3 heteroatoms. The minimum Gasteiger partial charge on any atom is -0.361 e. The van der Waals surface area contributed by atoms with Gasteiger partial charge in [0.2, 0.25) is 0 Å². The first-order valence-corrected chi connectivity index (χ1v) is 7.08. The summed E-state index contributed by atoms with van der Waals surface area (Å²) in [5.74, 6) is 1.78. The van der Waals surface area contributed by atoms with Crippen molar-refractivity contribution in [3.05, 3.63) is 35.0 Å². The summed E-state index contributed by atoms with van der Waals surface area (Å²) < 4.78 is 0. The Hall–Kier alpha value is -0.990. The lowest BCUT2D eigenvalue weighted by molar-refractivity contribution is 0.462. The molecule has 2 N–H and O–H groups in total. The predicted molar refractivity (Wildman–Crippen MR) is 76.9 cm³/mol. The average Bonchev–Trinajstić information content (AvgIpc) is 3.13. The van der Waals surface area contributed by atoms with Gasteiger partial charge in [-0.25, -0.2) is 0 Å². The van der Waals surface area contributed by atoms with Crippen molar-refractivity contribution >= 4 is 22.5 Å². The molecule has 0 radical (unpaired) electrons. The Morgan fingerprint density at radius 1 is 1.44 bits per heavy atom. The van der Waals surface area contributed by atoms with Crippen LogP contribution in [0.25, 0.3) is 10.9 Å². The van der Waals surface area contributed by atoms with E-state index in [1.165, 1.54) is 23.8 Å². The summed E-state index contributed by atoms with van der Waals surface area (Å²) in [7, 11) is 0. The Labute approximate surface area is 113 Å². The second kappa shape index (κ2) is 4.94. The molecule has 1 aliphatic rings. The molecule has 1 aromatic carbocycles. The highest BCUT2D eigenvalue weighted by Crippen LogP contribution is 2.36. The maximum absolute atomic E-state index is 5.98. The standard InChI is InChI=1S/C15H19ClN2/c1-10(11-2-3-11)7-17-8-12-9-18-15-6-13(16)4-5-14(12)15/h4-6,9-11,17-18H,2-3,7-8H2,1H3. The van der Waals surface area contributed by atoms with Gasteiger partial charge in [-0.2, -0.15) is 0 Å². The van der Waals surface area contributed by atoms with Gasteiger partial charge >= 0.3 is 0 Å². The molecule has 1 aliphatic carbocycles. The van der Waals surface area contributed by atoms with Gasteiger partial charge in [-0.05, 0) is 48.9 Å². The largest absolute Gasteiger partial charge is 0.361 e. The third-order valence-electron chi connectivity index (χ3n) is 3.94. The lowest BCUT2D eigenvalue weighted by Gasteiger charge is -2.10. The number of benzene rings is 1. The zero-order chi connectivity index (χ0) is 12.5. The number of hydrogen-bond acceptors (Lipinski definition) is 1. The lowest BCUT2D eigenvalue weighted by atomic mass is 10.1. The van der Waals surface area contributed by atoms with Crippen LogP contribution in [0.3, 0.4) is 0 Å². The van der Waals surface area contributed by atoms with Crippen molar-refractivity contribution in [2.75, 3.05) is 6.54 Å². The summed E-state index contributed by atoms with van der Waals surface area (Å²) >= 11 is 5.98. The molecular weight excluding hydrogens is 244 g/mol. The number of fused-ring (bicyclic) bond motifs is 1. The van der Waals surface area contributed by atoms with Gasteiger partial charge < -0.3 is 10.3 Å². The van der Waals surface area contributed by atoms with Crippen LogP contribution >= 0.6 is 11.6 Å². The fourth-order valence-corrected chi connectivity index (χ4v) is 2.74. The van der Waals surface area contributed by atoms with E-state index in [1.54, 1.807) is 0 Å². The summed E-state index contributed by atoms with van der Waals surface area (Å²) in [5.41, 5.74) is 2.44. The SMILES string of the molecule is CC(CNCc1c[nH]c2cc(Cl)ccc12)C1CC1. The summed E-state index contributed by atoms with van der Waals surface area (Å²) in [6.45, 7) is 4.39. The van der Waals surface area contributed by atoms with Gasteiger partial charge in [0.05, 0.1) is 0 Å². The van der Waals surface area contributed by atoms with Gasteiger partial charge in [0.1, 0.15) is 0 Å². The number of nitrogens with one attached hydrogen (secondary N) is 2. The molecule has 0 saturated heterocycles. The van der Waals surface area contributed by atoms with Crippen molar-refractivity contribution in [2.24, 2.45) is 11.8 Å². The number of hydrogen-bond donors (Lipinski definition) is 2. The molecular formula is C15H19ClN2. The molecule has 1 aromatic heterocycles. The highest BCUT2D eigenvalue weighted by Gasteiger charge is 2.27. The molecule has 0 amide bonds. The summed E-state index contributed by atoms with van der Waals surface area (Å²) in [5, 5.41) is 5.62. The van der Waals surface area contributed by atoms with Gasteiger partial charge in [0.25, 0.3) is 0 Å². The molecule has 2 aromatic rings. The number of halogens is 1. The van der Waals surface area contributed by atoms with Gasteiger partial charge in [-0.15, -0.1) is 0 Å². The third kappa shape index (κ3) is 2.55. The molecule has 3 rings (SSSR count). The van der Waals surface area contributed by atoms with E-state index >= 15 is 0 Å². The lowest BCUT2D eigenvalue weighted by Crippen LogP contribution is -2.21. The summed E-state index contributed by atoms with van der Waals surface area (Å²) in [6.07, 6.45) is 4.93. The minimum absolute atomic E-state index is 0.784. The van der Waals surface area contributed by atoms with E-state index < -0.39 is 0 Å². The Balaban J connectivity index is 1.63. The molecule has 1 saturated carbocycles. The second-order valence-electron chi connectivity index (χ2n) is 5.45. The molecule has 2 nitrogen and oxygen atoms in total. The van der Waals surface area contributed by atoms with Crippen molar-refractivity contribution in [1.82, 2.24) is 10.3 Å². The van der Waals surface area contributed by atoms with Crippen LogP contribution in [0.2, 0.25) is 5.02 Å². The molecule has 18 heavy (non-hydrogen) atoms. The smallest absolute Gasteiger partial charge is 0.0472 e. The van der Waals surface area contributed by atoms with E-state index in [-0.39, 0.29) is 0 Å². The van der Waals surface area contributed by atoms with Gasteiger partial charge in [0, 0.05) is 28.7 Å². The van der Waals surface area contributed by atoms with Crippen molar-refractivity contribution in [3.8, 4) is 0 Å². The van der Waals surface area contributed by atoms with Gasteiger partial charge in [-0.3, -0.25) is 0 Å². The first-order valence-electron chi connectivity index (χ1n) is 6.70. The zero-order valence-corrected chi connectivity index (χ0v) is 11.4. The Kier molecular flexibility index (Phi) is 3.31. The monoisotopic (exact) mass is 262 g/mol. The molecule has 1 heterocycles. The zero-order valence-electron chi connectivity index (χ0n) is 10.7. The van der Waals surface area contributed by atoms with Crippen molar-refractivity contribution in [3.63, 3.8) is 0 Å². The van der Waals surface area contributed by atoms with Crippen LogP contribution in [0.1, 0.15) is 25.3 Å². The van der Waals surface area contributed by atoms with E-state index in [1.807, 2.05) is 12.1 Å². The topological polar surface area (TPSA) is 27.8 Å². The highest BCUT2D eigenvalue weighted by atomic mass is 35.5. The first kappa shape index (κ1) is 12.1. The van der Waals surface area contributed by atoms with Gasteiger partial charge in [0.15, 0.2) is 0 Å². The fourth-order valence-electron chi connectivity index (χ4n) is 2.57. The van der Waals surface area contributed by atoms with Crippen molar-refractivity contribution in [2.45, 2.75) is 26.3 Å². The normalized spacial score (nSPS) is 17.2. The van der Waals surface area contributed by atoms with Crippen LogP contribution < -0.4 is 5.32 Å². The van der Waals surface area contributed by atoms with Crippen LogP contribution in [-0.2, 0) is 6.54 Å². The molecule has 96 valence electrons. The number of H-pyrrole nitrogens is 1. The van der Waals surface area contributed by atoms with E-state index in [0.717, 1.165) is 35.5 Å². The Morgan fingerprint density at radius 3 is 3.06 bits per heavy atom. The Morgan fingerprint density at radius 2 is 2.28 bits per heavy atom. The molecule has 1 unspecified atom stereocenters. The molecule has 0 bridgehead atoms. The van der Waals surface area contributed by atoms with E-state index in [9.17, 15) is 0 Å².